The summed E-state index contributed by atoms with van der Waals surface area (Å²) in [6.45, 7) is 2.17. The van der Waals surface area contributed by atoms with Crippen LogP contribution in [0.3, 0.4) is 0 Å². The summed E-state index contributed by atoms with van der Waals surface area (Å²) in [5.74, 6) is 0.825. The Kier molecular flexibility index (Phi) is 3.51. The molecule has 0 aliphatic carbocycles. The minimum Gasteiger partial charge on any atom is -0.494 e. The zero-order chi connectivity index (χ0) is 13.1. The number of benzene rings is 1. The number of nitrogens with one attached hydrogen (secondary N) is 2. The molecule has 0 bridgehead atoms. The van der Waals surface area contributed by atoms with Crippen molar-refractivity contribution in [1.82, 2.24) is 10.3 Å². The van der Waals surface area contributed by atoms with E-state index in [9.17, 15) is 0 Å². The first-order valence-electron chi connectivity index (χ1n) is 6.77. The van der Waals surface area contributed by atoms with Gasteiger partial charge < -0.3 is 15.4 Å². The molecule has 0 amide bonds. The molecule has 1 aromatic carbocycles. The molecule has 0 atom stereocenters. The van der Waals surface area contributed by atoms with Gasteiger partial charge in [0.2, 0.25) is 0 Å². The van der Waals surface area contributed by atoms with E-state index in [2.05, 4.69) is 27.8 Å². The molecule has 2 heterocycles. The van der Waals surface area contributed by atoms with Gasteiger partial charge in [-0.2, -0.15) is 0 Å². The third kappa shape index (κ3) is 2.49. The van der Waals surface area contributed by atoms with Gasteiger partial charge in [0, 0.05) is 23.3 Å². The molecule has 2 aromatic rings. The molecule has 3 rings (SSSR count). The maximum Gasteiger partial charge on any atom is 0.145 e. The van der Waals surface area contributed by atoms with Crippen molar-refractivity contribution in [1.29, 1.82) is 0 Å². The maximum atomic E-state index is 5.37. The monoisotopic (exact) mass is 257 g/mol. The van der Waals surface area contributed by atoms with Gasteiger partial charge in [0.15, 0.2) is 0 Å². The van der Waals surface area contributed by atoms with Crippen LogP contribution in [0.4, 0.5) is 5.69 Å². The van der Waals surface area contributed by atoms with Gasteiger partial charge in [-0.15, -0.1) is 0 Å². The molecular weight excluding hydrogens is 238 g/mol. The number of rotatable bonds is 3. The number of aromatic nitrogens is 1. The van der Waals surface area contributed by atoms with Crippen molar-refractivity contribution in [2.75, 3.05) is 25.5 Å². The molecule has 1 aliphatic rings. The van der Waals surface area contributed by atoms with E-state index in [0.29, 0.717) is 6.04 Å². The van der Waals surface area contributed by atoms with Gasteiger partial charge in [0.25, 0.3) is 0 Å². The molecule has 19 heavy (non-hydrogen) atoms. The molecule has 1 aromatic heterocycles. The Hall–Kier alpha value is -1.81. The lowest BCUT2D eigenvalue weighted by molar-refractivity contribution is 0.419. The van der Waals surface area contributed by atoms with Crippen molar-refractivity contribution in [3.63, 3.8) is 0 Å². The average molecular weight is 257 g/mol. The van der Waals surface area contributed by atoms with Crippen LogP contribution < -0.4 is 15.4 Å². The number of piperidine rings is 1. The Balaban J connectivity index is 1.94. The largest absolute Gasteiger partial charge is 0.494 e. The van der Waals surface area contributed by atoms with E-state index in [1.165, 1.54) is 0 Å². The summed E-state index contributed by atoms with van der Waals surface area (Å²) in [5.41, 5.74) is 2.07. The minimum absolute atomic E-state index is 0.540. The van der Waals surface area contributed by atoms with Gasteiger partial charge in [0.1, 0.15) is 11.3 Å². The molecule has 1 aliphatic heterocycles. The number of nitrogens with zero attached hydrogens (tertiary/aromatic N) is 1. The van der Waals surface area contributed by atoms with Crippen LogP contribution >= 0.6 is 0 Å². The van der Waals surface area contributed by atoms with Crippen molar-refractivity contribution in [3.8, 4) is 5.75 Å². The quantitative estimate of drug-likeness (QED) is 0.886. The van der Waals surface area contributed by atoms with Crippen molar-refractivity contribution in [2.45, 2.75) is 18.9 Å². The fraction of sp³-hybridized carbons (Fsp3) is 0.400. The molecule has 4 nitrogen and oxygen atoms in total. The highest BCUT2D eigenvalue weighted by Crippen LogP contribution is 2.30. The number of hydrogen-bond donors (Lipinski definition) is 2. The standard InChI is InChI=1S/C15H19N3O/c1-19-14-5-4-13(12-3-2-8-17-15(12)14)18-11-6-9-16-10-7-11/h2-5,8,11,16,18H,6-7,9-10H2,1H3. The molecule has 4 heteroatoms. The fourth-order valence-electron chi connectivity index (χ4n) is 2.62. The van der Waals surface area contributed by atoms with E-state index in [4.69, 9.17) is 4.74 Å². The van der Waals surface area contributed by atoms with Crippen LogP contribution in [0.2, 0.25) is 0 Å². The number of ether oxygens (including phenoxy) is 1. The van der Waals surface area contributed by atoms with Crippen LogP contribution in [0.5, 0.6) is 5.75 Å². The number of methoxy groups -OCH3 is 1. The number of anilines is 1. The van der Waals surface area contributed by atoms with Crippen LogP contribution in [-0.4, -0.2) is 31.2 Å². The SMILES string of the molecule is COc1ccc(NC2CCNCC2)c2cccnc12. The van der Waals surface area contributed by atoms with E-state index in [1.54, 1.807) is 13.3 Å². The van der Waals surface area contributed by atoms with Crippen LogP contribution in [-0.2, 0) is 0 Å². The maximum absolute atomic E-state index is 5.37. The van der Waals surface area contributed by atoms with Crippen molar-refractivity contribution in [2.24, 2.45) is 0 Å². The summed E-state index contributed by atoms with van der Waals surface area (Å²) in [6, 6.07) is 8.67. The van der Waals surface area contributed by atoms with E-state index >= 15 is 0 Å². The third-order valence-corrected chi connectivity index (χ3v) is 3.65. The predicted molar refractivity (Wildman–Crippen MR) is 77.8 cm³/mol. The predicted octanol–water partition coefficient (Wildman–Crippen LogP) is 2.41. The Morgan fingerprint density at radius 1 is 1.26 bits per heavy atom. The Morgan fingerprint density at radius 2 is 2.11 bits per heavy atom. The topological polar surface area (TPSA) is 46.2 Å². The molecule has 0 saturated carbocycles. The van der Waals surface area contributed by atoms with Crippen molar-refractivity contribution in [3.05, 3.63) is 30.5 Å². The zero-order valence-corrected chi connectivity index (χ0v) is 11.1. The molecule has 100 valence electrons. The molecule has 1 fully saturated rings. The first-order valence-corrected chi connectivity index (χ1v) is 6.77. The summed E-state index contributed by atoms with van der Waals surface area (Å²) in [6.07, 6.45) is 4.13. The lowest BCUT2D eigenvalue weighted by Crippen LogP contribution is -2.35. The summed E-state index contributed by atoms with van der Waals surface area (Å²) >= 11 is 0. The second kappa shape index (κ2) is 5.45. The molecular formula is C15H19N3O. The van der Waals surface area contributed by atoms with Gasteiger partial charge in [-0.25, -0.2) is 0 Å². The molecule has 0 unspecified atom stereocenters. The highest BCUT2D eigenvalue weighted by Gasteiger charge is 2.14. The van der Waals surface area contributed by atoms with Crippen molar-refractivity contribution >= 4 is 16.6 Å². The Bertz CT molecular complexity index is 564. The summed E-state index contributed by atoms with van der Waals surface area (Å²) in [4.78, 5) is 4.43. The van der Waals surface area contributed by atoms with Gasteiger partial charge in [-0.05, 0) is 50.2 Å². The zero-order valence-electron chi connectivity index (χ0n) is 11.1. The Morgan fingerprint density at radius 3 is 2.89 bits per heavy atom. The highest BCUT2D eigenvalue weighted by molar-refractivity contribution is 5.95. The van der Waals surface area contributed by atoms with Gasteiger partial charge in [-0.3, -0.25) is 4.98 Å². The van der Waals surface area contributed by atoms with Crippen LogP contribution in [0.1, 0.15) is 12.8 Å². The fourth-order valence-corrected chi connectivity index (χ4v) is 2.62. The first kappa shape index (κ1) is 12.2. The molecule has 0 spiro atoms. The smallest absolute Gasteiger partial charge is 0.145 e. The highest BCUT2D eigenvalue weighted by atomic mass is 16.5. The van der Waals surface area contributed by atoms with Gasteiger partial charge >= 0.3 is 0 Å². The molecule has 2 N–H and O–H groups in total. The van der Waals surface area contributed by atoms with Gasteiger partial charge in [-0.1, -0.05) is 0 Å². The third-order valence-electron chi connectivity index (χ3n) is 3.65. The summed E-state index contributed by atoms with van der Waals surface area (Å²) in [5, 5.41) is 8.15. The summed E-state index contributed by atoms with van der Waals surface area (Å²) in [7, 11) is 1.68. The number of fused-ring (bicyclic) bond motifs is 1. The first-order chi connectivity index (χ1) is 9.38. The lowest BCUT2D eigenvalue weighted by Gasteiger charge is -2.25. The second-order valence-electron chi connectivity index (χ2n) is 4.88. The average Bonchev–Trinajstić information content (AvgIpc) is 2.49. The normalized spacial score (nSPS) is 16.5. The number of pyridine rings is 1. The minimum atomic E-state index is 0.540. The van der Waals surface area contributed by atoms with E-state index < -0.39 is 0 Å². The van der Waals surface area contributed by atoms with Gasteiger partial charge in [0.05, 0.1) is 7.11 Å². The van der Waals surface area contributed by atoms with E-state index in [0.717, 1.165) is 48.3 Å². The van der Waals surface area contributed by atoms with E-state index in [1.807, 2.05) is 12.1 Å². The van der Waals surface area contributed by atoms with Crippen LogP contribution in [0.25, 0.3) is 10.9 Å². The lowest BCUT2D eigenvalue weighted by atomic mass is 10.1. The molecule has 1 saturated heterocycles. The summed E-state index contributed by atoms with van der Waals surface area (Å²) < 4.78 is 5.37. The second-order valence-corrected chi connectivity index (χ2v) is 4.88. The van der Waals surface area contributed by atoms with Crippen molar-refractivity contribution < 1.29 is 4.74 Å². The Labute approximate surface area is 113 Å². The van der Waals surface area contributed by atoms with Crippen LogP contribution in [0, 0.1) is 0 Å². The van der Waals surface area contributed by atoms with Crippen LogP contribution in [0.15, 0.2) is 30.5 Å². The molecule has 0 radical (unpaired) electrons. The number of hydrogen-bond acceptors (Lipinski definition) is 4. The van der Waals surface area contributed by atoms with E-state index in [-0.39, 0.29) is 0 Å².